The Balaban J connectivity index is 2.49. The summed E-state index contributed by atoms with van der Waals surface area (Å²) >= 11 is 0. The lowest BCUT2D eigenvalue weighted by molar-refractivity contribution is 0.0489. The van der Waals surface area contributed by atoms with Gasteiger partial charge in [0.1, 0.15) is 17.1 Å². The van der Waals surface area contributed by atoms with E-state index in [1.807, 2.05) is 0 Å². The van der Waals surface area contributed by atoms with Crippen molar-refractivity contribution >= 4 is 12.0 Å². The minimum absolute atomic E-state index is 0.0671. The second-order valence-electron chi connectivity index (χ2n) is 4.64. The van der Waals surface area contributed by atoms with Crippen LogP contribution in [0.3, 0.4) is 0 Å². The summed E-state index contributed by atoms with van der Waals surface area (Å²) in [4.78, 5) is 24.0. The molecule has 1 atom stereocenters. The second-order valence-corrected chi connectivity index (χ2v) is 4.64. The number of hydrogen-bond donors (Lipinski definition) is 3. The number of aliphatic hydroxyl groups excluding tert-OH is 1. The summed E-state index contributed by atoms with van der Waals surface area (Å²) < 4.78 is 10.0. The van der Waals surface area contributed by atoms with E-state index < -0.39 is 18.1 Å². The molecule has 3 N–H and O–H groups in total. The fraction of sp³-hybridized carbons (Fsp3) is 0.538. The number of aromatic carboxylic acids is 1. The van der Waals surface area contributed by atoms with Crippen molar-refractivity contribution in [2.45, 2.75) is 19.6 Å². The molecule has 1 unspecified atom stereocenters. The number of carboxylic acids is 1. The second kappa shape index (κ2) is 7.65. The Morgan fingerprint density at radius 2 is 2.19 bits per heavy atom. The number of carbonyl (C=O) groups excluding carboxylic acids is 1. The summed E-state index contributed by atoms with van der Waals surface area (Å²) in [6.07, 6.45) is -0.768. The van der Waals surface area contributed by atoms with Crippen molar-refractivity contribution in [2.75, 3.05) is 27.3 Å². The third-order valence-electron chi connectivity index (χ3n) is 2.80. The standard InChI is InChI=1S/C13H20N2O6/c1-8-11(12(17)18)4-10(21-8)5-14-13(19)15(2)6-9(16)7-20-3/h4,9,16H,5-7H2,1-3H3,(H,14,19)(H,17,18). The Kier molecular flexibility index (Phi) is 6.19. The first kappa shape index (κ1) is 17.0. The van der Waals surface area contributed by atoms with E-state index in [0.717, 1.165) is 0 Å². The summed E-state index contributed by atoms with van der Waals surface area (Å²) in [6, 6.07) is 0.966. The Labute approximate surface area is 122 Å². The Hall–Kier alpha value is -2.06. The van der Waals surface area contributed by atoms with E-state index in [9.17, 15) is 14.7 Å². The van der Waals surface area contributed by atoms with Gasteiger partial charge in [-0.05, 0) is 13.0 Å². The van der Waals surface area contributed by atoms with Crippen molar-refractivity contribution in [3.05, 3.63) is 23.2 Å². The van der Waals surface area contributed by atoms with E-state index >= 15 is 0 Å². The van der Waals surface area contributed by atoms with Crippen molar-refractivity contribution in [1.82, 2.24) is 10.2 Å². The first-order chi connectivity index (χ1) is 9.85. The molecule has 0 aliphatic rings. The van der Waals surface area contributed by atoms with Crippen LogP contribution in [0.1, 0.15) is 21.9 Å². The lowest BCUT2D eigenvalue weighted by Crippen LogP contribution is -2.42. The molecule has 0 saturated carbocycles. The zero-order valence-electron chi connectivity index (χ0n) is 12.3. The molecule has 1 aromatic heterocycles. The summed E-state index contributed by atoms with van der Waals surface area (Å²) in [5.41, 5.74) is 0.0723. The van der Waals surface area contributed by atoms with Crippen LogP contribution in [0.15, 0.2) is 10.5 Å². The number of urea groups is 1. The van der Waals surface area contributed by atoms with E-state index in [0.29, 0.717) is 5.76 Å². The molecular formula is C13H20N2O6. The maximum absolute atomic E-state index is 11.8. The number of carboxylic acid groups (broad SMARTS) is 1. The molecule has 0 radical (unpaired) electrons. The molecule has 118 valence electrons. The molecule has 1 heterocycles. The van der Waals surface area contributed by atoms with Crippen LogP contribution in [0.5, 0.6) is 0 Å². The number of furan rings is 1. The zero-order valence-corrected chi connectivity index (χ0v) is 12.3. The number of rotatable bonds is 7. The quantitative estimate of drug-likeness (QED) is 0.673. The maximum Gasteiger partial charge on any atom is 0.339 e. The first-order valence-electron chi connectivity index (χ1n) is 6.33. The molecule has 1 rings (SSSR count). The monoisotopic (exact) mass is 300 g/mol. The van der Waals surface area contributed by atoms with Gasteiger partial charge in [0, 0.05) is 14.2 Å². The minimum Gasteiger partial charge on any atom is -0.478 e. The van der Waals surface area contributed by atoms with E-state index in [2.05, 4.69) is 5.32 Å². The van der Waals surface area contributed by atoms with E-state index in [-0.39, 0.29) is 31.0 Å². The van der Waals surface area contributed by atoms with Crippen LogP contribution in [0.4, 0.5) is 4.79 Å². The van der Waals surface area contributed by atoms with Crippen LogP contribution >= 0.6 is 0 Å². The highest BCUT2D eigenvalue weighted by molar-refractivity contribution is 5.88. The Morgan fingerprint density at radius 1 is 1.52 bits per heavy atom. The molecule has 1 aromatic rings. The number of likely N-dealkylation sites (N-methyl/N-ethyl adjacent to an activating group) is 1. The maximum atomic E-state index is 11.8. The van der Waals surface area contributed by atoms with Gasteiger partial charge in [-0.15, -0.1) is 0 Å². The fourth-order valence-corrected chi connectivity index (χ4v) is 1.78. The van der Waals surface area contributed by atoms with Crippen molar-refractivity contribution in [2.24, 2.45) is 0 Å². The lowest BCUT2D eigenvalue weighted by atomic mass is 10.2. The topological polar surface area (TPSA) is 112 Å². The van der Waals surface area contributed by atoms with Gasteiger partial charge in [0.25, 0.3) is 0 Å². The Morgan fingerprint density at radius 3 is 2.71 bits per heavy atom. The number of amides is 2. The van der Waals surface area contributed by atoms with Gasteiger partial charge in [-0.3, -0.25) is 0 Å². The largest absolute Gasteiger partial charge is 0.478 e. The third-order valence-corrected chi connectivity index (χ3v) is 2.80. The van der Waals surface area contributed by atoms with Gasteiger partial charge < -0.3 is 29.6 Å². The van der Waals surface area contributed by atoms with Gasteiger partial charge in [0.05, 0.1) is 25.8 Å². The molecule has 0 bridgehead atoms. The number of aryl methyl sites for hydroxylation is 1. The highest BCUT2D eigenvalue weighted by Crippen LogP contribution is 2.14. The molecule has 0 spiro atoms. The van der Waals surface area contributed by atoms with Crippen LogP contribution in [-0.2, 0) is 11.3 Å². The molecule has 21 heavy (non-hydrogen) atoms. The summed E-state index contributed by atoms with van der Waals surface area (Å²) in [6.45, 7) is 1.87. The molecular weight excluding hydrogens is 280 g/mol. The van der Waals surface area contributed by atoms with E-state index in [1.54, 1.807) is 6.92 Å². The van der Waals surface area contributed by atoms with Crippen molar-refractivity contribution in [3.63, 3.8) is 0 Å². The van der Waals surface area contributed by atoms with Gasteiger partial charge in [-0.25, -0.2) is 9.59 Å². The number of hydrogen-bond acceptors (Lipinski definition) is 5. The predicted molar refractivity (Wildman–Crippen MR) is 73.2 cm³/mol. The van der Waals surface area contributed by atoms with Gasteiger partial charge >= 0.3 is 12.0 Å². The third kappa shape index (κ3) is 5.09. The zero-order chi connectivity index (χ0) is 16.0. The highest BCUT2D eigenvalue weighted by atomic mass is 16.5. The number of methoxy groups -OCH3 is 1. The fourth-order valence-electron chi connectivity index (χ4n) is 1.78. The lowest BCUT2D eigenvalue weighted by Gasteiger charge is -2.20. The van der Waals surface area contributed by atoms with Gasteiger partial charge in [-0.2, -0.15) is 0 Å². The SMILES string of the molecule is COCC(O)CN(C)C(=O)NCc1cc(C(=O)O)c(C)o1. The van der Waals surface area contributed by atoms with Gasteiger partial charge in [0.15, 0.2) is 0 Å². The Bertz CT molecular complexity index is 499. The van der Waals surface area contributed by atoms with Gasteiger partial charge in [0.2, 0.25) is 0 Å². The predicted octanol–water partition coefficient (Wildman–Crippen LogP) is 0.435. The molecule has 2 amide bonds. The molecule has 0 aliphatic heterocycles. The summed E-state index contributed by atoms with van der Waals surface area (Å²) in [7, 11) is 2.99. The highest BCUT2D eigenvalue weighted by Gasteiger charge is 2.16. The average molecular weight is 300 g/mol. The number of ether oxygens (including phenoxy) is 1. The van der Waals surface area contributed by atoms with Crippen molar-refractivity contribution < 1.29 is 29.0 Å². The molecule has 0 fully saturated rings. The van der Waals surface area contributed by atoms with Crippen molar-refractivity contribution in [3.8, 4) is 0 Å². The normalized spacial score (nSPS) is 12.0. The van der Waals surface area contributed by atoms with Crippen molar-refractivity contribution in [1.29, 1.82) is 0 Å². The average Bonchev–Trinajstić information content (AvgIpc) is 2.77. The number of nitrogens with zero attached hydrogens (tertiary/aromatic N) is 1. The van der Waals surface area contributed by atoms with Crippen LogP contribution in [0.2, 0.25) is 0 Å². The van der Waals surface area contributed by atoms with Crippen LogP contribution in [0.25, 0.3) is 0 Å². The minimum atomic E-state index is -1.08. The van der Waals surface area contributed by atoms with E-state index in [4.69, 9.17) is 14.3 Å². The summed E-state index contributed by atoms with van der Waals surface area (Å²) in [5, 5.41) is 21.0. The van der Waals surface area contributed by atoms with Gasteiger partial charge in [-0.1, -0.05) is 0 Å². The van der Waals surface area contributed by atoms with E-state index in [1.165, 1.54) is 25.1 Å². The summed E-state index contributed by atoms with van der Waals surface area (Å²) in [5.74, 6) is -0.437. The number of nitrogens with one attached hydrogen (secondary N) is 1. The number of aliphatic hydroxyl groups is 1. The molecule has 0 saturated heterocycles. The molecule has 0 aromatic carbocycles. The number of carbonyl (C=O) groups is 2. The van der Waals surface area contributed by atoms with Crippen LogP contribution < -0.4 is 5.32 Å². The first-order valence-corrected chi connectivity index (χ1v) is 6.33. The van der Waals surface area contributed by atoms with Crippen LogP contribution in [0, 0.1) is 6.92 Å². The van der Waals surface area contributed by atoms with Crippen LogP contribution in [-0.4, -0.2) is 60.5 Å². The molecule has 8 heteroatoms. The molecule has 8 nitrogen and oxygen atoms in total. The smallest absolute Gasteiger partial charge is 0.339 e. The molecule has 0 aliphatic carbocycles.